The first-order valence-electron chi connectivity index (χ1n) is 6.98. The number of anilines is 1. The van der Waals surface area contributed by atoms with Gasteiger partial charge in [-0.2, -0.15) is 0 Å². The number of hydrogen-bond donors (Lipinski definition) is 3. The van der Waals surface area contributed by atoms with Crippen LogP contribution in [0.1, 0.15) is 30.9 Å². The average Bonchev–Trinajstić information content (AvgIpc) is 2.91. The molecule has 0 aromatic heterocycles. The molecule has 1 aromatic rings. The molecule has 0 heterocycles. The van der Waals surface area contributed by atoms with Crippen LogP contribution in [-0.2, 0) is 22.4 Å². The molecular formula is C15H20N2O3. The Hall–Kier alpha value is -1.88. The maximum absolute atomic E-state index is 11.8. The van der Waals surface area contributed by atoms with E-state index in [-0.39, 0.29) is 12.6 Å². The highest BCUT2D eigenvalue weighted by Crippen LogP contribution is 2.24. The van der Waals surface area contributed by atoms with Gasteiger partial charge in [-0.25, -0.2) is 0 Å². The Bertz CT molecular complexity index is 510. The van der Waals surface area contributed by atoms with E-state index in [1.807, 2.05) is 25.1 Å². The fourth-order valence-electron chi connectivity index (χ4n) is 2.37. The fraction of sp³-hybridized carbons (Fsp3) is 0.467. The van der Waals surface area contributed by atoms with Gasteiger partial charge in [-0.1, -0.05) is 13.0 Å². The van der Waals surface area contributed by atoms with Gasteiger partial charge in [0.2, 0.25) is 0 Å². The minimum absolute atomic E-state index is 0.172. The summed E-state index contributed by atoms with van der Waals surface area (Å²) in [5.41, 5.74) is 3.20. The number of carbonyl (C=O) groups is 2. The van der Waals surface area contributed by atoms with Crippen LogP contribution < -0.4 is 10.6 Å². The smallest absolute Gasteiger partial charge is 0.313 e. The molecule has 108 valence electrons. The summed E-state index contributed by atoms with van der Waals surface area (Å²) in [6, 6.07) is 5.36. The average molecular weight is 276 g/mol. The Morgan fingerprint density at radius 1 is 1.25 bits per heavy atom. The molecule has 2 amide bonds. The summed E-state index contributed by atoms with van der Waals surface area (Å²) in [6.07, 6.45) is 3.82. The van der Waals surface area contributed by atoms with Gasteiger partial charge < -0.3 is 15.7 Å². The number of rotatable bonds is 4. The van der Waals surface area contributed by atoms with E-state index < -0.39 is 11.8 Å². The first-order chi connectivity index (χ1) is 9.63. The molecule has 0 spiro atoms. The molecule has 1 unspecified atom stereocenters. The third-order valence-corrected chi connectivity index (χ3v) is 3.61. The zero-order valence-electron chi connectivity index (χ0n) is 11.6. The second-order valence-electron chi connectivity index (χ2n) is 5.05. The molecule has 3 N–H and O–H groups in total. The Labute approximate surface area is 118 Å². The number of fused-ring (bicyclic) bond motifs is 1. The molecule has 5 heteroatoms. The maximum atomic E-state index is 11.8. The topological polar surface area (TPSA) is 78.4 Å². The molecule has 5 nitrogen and oxygen atoms in total. The van der Waals surface area contributed by atoms with E-state index >= 15 is 0 Å². The van der Waals surface area contributed by atoms with Gasteiger partial charge in [0.1, 0.15) is 0 Å². The molecule has 1 aliphatic rings. The highest BCUT2D eigenvalue weighted by atomic mass is 16.3. The zero-order valence-corrected chi connectivity index (χ0v) is 11.6. The second kappa shape index (κ2) is 6.52. The SMILES string of the molecule is CCC(CO)NC(=O)C(=O)Nc1ccc2c(c1)CCC2. The van der Waals surface area contributed by atoms with Crippen LogP contribution in [0.2, 0.25) is 0 Å². The summed E-state index contributed by atoms with van der Waals surface area (Å²) in [5, 5.41) is 14.1. The quantitative estimate of drug-likeness (QED) is 0.718. The Morgan fingerprint density at radius 2 is 2.00 bits per heavy atom. The number of amides is 2. The van der Waals surface area contributed by atoms with E-state index in [4.69, 9.17) is 5.11 Å². The van der Waals surface area contributed by atoms with Crippen molar-refractivity contribution < 1.29 is 14.7 Å². The summed E-state index contributed by atoms with van der Waals surface area (Å²) in [7, 11) is 0. The van der Waals surface area contributed by atoms with Crippen LogP contribution in [0, 0.1) is 0 Å². The van der Waals surface area contributed by atoms with E-state index in [0.717, 1.165) is 19.3 Å². The molecular weight excluding hydrogens is 256 g/mol. The van der Waals surface area contributed by atoms with E-state index in [9.17, 15) is 9.59 Å². The number of hydrogen-bond acceptors (Lipinski definition) is 3. The Kier molecular flexibility index (Phi) is 4.74. The maximum Gasteiger partial charge on any atom is 0.313 e. The molecule has 1 atom stereocenters. The van der Waals surface area contributed by atoms with Crippen LogP contribution in [0.5, 0.6) is 0 Å². The number of aryl methyl sites for hydroxylation is 2. The van der Waals surface area contributed by atoms with Crippen LogP contribution in [-0.4, -0.2) is 29.6 Å². The molecule has 1 aliphatic carbocycles. The van der Waals surface area contributed by atoms with Crippen molar-refractivity contribution in [3.05, 3.63) is 29.3 Å². The van der Waals surface area contributed by atoms with Crippen molar-refractivity contribution >= 4 is 17.5 Å². The fourth-order valence-corrected chi connectivity index (χ4v) is 2.37. The van der Waals surface area contributed by atoms with Crippen LogP contribution in [0.15, 0.2) is 18.2 Å². The minimum atomic E-state index is -0.716. The lowest BCUT2D eigenvalue weighted by atomic mass is 10.1. The summed E-state index contributed by atoms with van der Waals surface area (Å²) < 4.78 is 0. The molecule has 1 aromatic carbocycles. The summed E-state index contributed by atoms with van der Waals surface area (Å²) in [4.78, 5) is 23.5. The van der Waals surface area contributed by atoms with Crippen molar-refractivity contribution in [2.75, 3.05) is 11.9 Å². The molecule has 0 saturated heterocycles. The number of carbonyl (C=O) groups excluding carboxylic acids is 2. The Balaban J connectivity index is 1.95. The van der Waals surface area contributed by atoms with Crippen molar-refractivity contribution in [1.82, 2.24) is 5.32 Å². The molecule has 2 rings (SSSR count). The van der Waals surface area contributed by atoms with Crippen molar-refractivity contribution in [2.24, 2.45) is 0 Å². The third-order valence-electron chi connectivity index (χ3n) is 3.61. The van der Waals surface area contributed by atoms with E-state index in [0.29, 0.717) is 12.1 Å². The van der Waals surface area contributed by atoms with Gasteiger partial charge in [-0.15, -0.1) is 0 Å². The predicted octanol–water partition coefficient (Wildman–Crippen LogP) is 1.00. The molecule has 0 aliphatic heterocycles. The first kappa shape index (κ1) is 14.5. The number of aliphatic hydroxyl groups is 1. The normalized spacial score (nSPS) is 14.5. The standard InChI is InChI=1S/C15H20N2O3/c1-2-12(9-18)16-14(19)15(20)17-13-7-6-10-4-3-5-11(10)8-13/h6-8,12,18H,2-5,9H2,1H3,(H,16,19)(H,17,20). The highest BCUT2D eigenvalue weighted by Gasteiger charge is 2.18. The summed E-state index contributed by atoms with van der Waals surface area (Å²) >= 11 is 0. The summed E-state index contributed by atoms with van der Waals surface area (Å²) in [5.74, 6) is -1.42. The van der Waals surface area contributed by atoms with Gasteiger partial charge in [-0.3, -0.25) is 9.59 Å². The van der Waals surface area contributed by atoms with Crippen LogP contribution in [0.4, 0.5) is 5.69 Å². The molecule has 0 saturated carbocycles. The monoisotopic (exact) mass is 276 g/mol. The Morgan fingerprint density at radius 3 is 2.70 bits per heavy atom. The van der Waals surface area contributed by atoms with Gasteiger partial charge in [0.15, 0.2) is 0 Å². The van der Waals surface area contributed by atoms with Crippen LogP contribution in [0.3, 0.4) is 0 Å². The molecule has 0 radical (unpaired) electrons. The lowest BCUT2D eigenvalue weighted by Crippen LogP contribution is -2.43. The second-order valence-corrected chi connectivity index (χ2v) is 5.05. The van der Waals surface area contributed by atoms with Gasteiger partial charge in [0.25, 0.3) is 0 Å². The van der Waals surface area contributed by atoms with Crippen molar-refractivity contribution in [1.29, 1.82) is 0 Å². The van der Waals surface area contributed by atoms with Gasteiger partial charge in [0, 0.05) is 5.69 Å². The van der Waals surface area contributed by atoms with E-state index in [1.165, 1.54) is 11.1 Å². The van der Waals surface area contributed by atoms with Crippen molar-refractivity contribution in [2.45, 2.75) is 38.6 Å². The molecule has 20 heavy (non-hydrogen) atoms. The first-order valence-corrected chi connectivity index (χ1v) is 6.98. The summed E-state index contributed by atoms with van der Waals surface area (Å²) in [6.45, 7) is 1.66. The number of aliphatic hydroxyl groups excluding tert-OH is 1. The van der Waals surface area contributed by atoms with Crippen LogP contribution >= 0.6 is 0 Å². The van der Waals surface area contributed by atoms with Crippen molar-refractivity contribution in [3.8, 4) is 0 Å². The highest BCUT2D eigenvalue weighted by molar-refractivity contribution is 6.39. The molecule has 0 fully saturated rings. The largest absolute Gasteiger partial charge is 0.394 e. The number of benzene rings is 1. The van der Waals surface area contributed by atoms with Crippen molar-refractivity contribution in [3.63, 3.8) is 0 Å². The number of nitrogens with one attached hydrogen (secondary N) is 2. The lowest BCUT2D eigenvalue weighted by Gasteiger charge is -2.13. The zero-order chi connectivity index (χ0) is 14.5. The third kappa shape index (κ3) is 3.36. The minimum Gasteiger partial charge on any atom is -0.394 e. The van der Waals surface area contributed by atoms with Gasteiger partial charge in [0.05, 0.1) is 12.6 Å². The predicted molar refractivity (Wildman–Crippen MR) is 76.4 cm³/mol. The van der Waals surface area contributed by atoms with E-state index in [1.54, 1.807) is 0 Å². The lowest BCUT2D eigenvalue weighted by molar-refractivity contribution is -0.136. The van der Waals surface area contributed by atoms with Crippen LogP contribution in [0.25, 0.3) is 0 Å². The molecule has 0 bridgehead atoms. The van der Waals surface area contributed by atoms with Gasteiger partial charge >= 0.3 is 11.8 Å². The van der Waals surface area contributed by atoms with E-state index in [2.05, 4.69) is 10.6 Å². The van der Waals surface area contributed by atoms with Gasteiger partial charge in [-0.05, 0) is 48.9 Å².